The van der Waals surface area contributed by atoms with Crippen LogP contribution in [0.4, 0.5) is 5.13 Å². The van der Waals surface area contributed by atoms with Crippen molar-refractivity contribution in [2.24, 2.45) is 0 Å². The third kappa shape index (κ3) is 4.98. The molecule has 0 radical (unpaired) electrons. The van der Waals surface area contributed by atoms with Gasteiger partial charge < -0.3 is 4.74 Å². The maximum Gasteiger partial charge on any atom is 0.257 e. The molecule has 1 aromatic heterocycles. The standard InChI is InChI=1S/C23H26N2O2S/c1-5-14-27-19-12-8-16(9-13-19)20-15-28-22(24-20)25-21(26)17-6-10-18(11-7-17)23(2,3)4/h6-13,15H,5,14H2,1-4H3,(H,24,25,26). The first-order valence-corrected chi connectivity index (χ1v) is 10.4. The number of anilines is 1. The summed E-state index contributed by atoms with van der Waals surface area (Å²) in [7, 11) is 0. The van der Waals surface area contributed by atoms with E-state index < -0.39 is 0 Å². The summed E-state index contributed by atoms with van der Waals surface area (Å²) in [5.74, 6) is 0.706. The lowest BCUT2D eigenvalue weighted by atomic mass is 9.87. The van der Waals surface area contributed by atoms with E-state index in [0.29, 0.717) is 17.3 Å². The van der Waals surface area contributed by atoms with Crippen LogP contribution >= 0.6 is 11.3 Å². The lowest BCUT2D eigenvalue weighted by Crippen LogP contribution is -2.14. The lowest BCUT2D eigenvalue weighted by molar-refractivity contribution is 0.102. The summed E-state index contributed by atoms with van der Waals surface area (Å²) in [6.07, 6.45) is 0.982. The topological polar surface area (TPSA) is 51.2 Å². The third-order valence-electron chi connectivity index (χ3n) is 4.36. The van der Waals surface area contributed by atoms with E-state index in [2.05, 4.69) is 38.0 Å². The summed E-state index contributed by atoms with van der Waals surface area (Å²) in [6, 6.07) is 15.6. The minimum Gasteiger partial charge on any atom is -0.494 e. The lowest BCUT2D eigenvalue weighted by Gasteiger charge is -2.18. The van der Waals surface area contributed by atoms with Gasteiger partial charge in [0.25, 0.3) is 5.91 Å². The molecule has 1 N–H and O–H groups in total. The van der Waals surface area contributed by atoms with Crippen LogP contribution < -0.4 is 10.1 Å². The van der Waals surface area contributed by atoms with E-state index in [9.17, 15) is 4.79 Å². The molecule has 3 aromatic rings. The van der Waals surface area contributed by atoms with Crippen molar-refractivity contribution < 1.29 is 9.53 Å². The van der Waals surface area contributed by atoms with Gasteiger partial charge in [-0.05, 0) is 53.8 Å². The molecular weight excluding hydrogens is 368 g/mol. The SMILES string of the molecule is CCCOc1ccc(-c2csc(NC(=O)c3ccc(C(C)(C)C)cc3)n2)cc1. The Labute approximate surface area is 170 Å². The zero-order chi connectivity index (χ0) is 20.1. The molecule has 0 aliphatic rings. The van der Waals surface area contributed by atoms with Crippen molar-refractivity contribution >= 4 is 22.4 Å². The molecule has 1 heterocycles. The summed E-state index contributed by atoms with van der Waals surface area (Å²) in [4.78, 5) is 17.0. The number of thiazole rings is 1. The van der Waals surface area contributed by atoms with E-state index in [1.807, 2.05) is 53.9 Å². The predicted octanol–water partition coefficient (Wildman–Crippen LogP) is 6.15. The molecular formula is C23H26N2O2S. The number of aromatic nitrogens is 1. The van der Waals surface area contributed by atoms with Gasteiger partial charge in [0.2, 0.25) is 0 Å². The number of hydrogen-bond donors (Lipinski definition) is 1. The normalized spacial score (nSPS) is 11.3. The van der Waals surface area contributed by atoms with E-state index in [1.165, 1.54) is 16.9 Å². The summed E-state index contributed by atoms with van der Waals surface area (Å²) < 4.78 is 5.61. The van der Waals surface area contributed by atoms with Crippen LogP contribution in [0.5, 0.6) is 5.75 Å². The molecule has 0 bridgehead atoms. The van der Waals surface area contributed by atoms with Gasteiger partial charge in [-0.25, -0.2) is 4.98 Å². The molecule has 0 saturated heterocycles. The number of hydrogen-bond acceptors (Lipinski definition) is 4. The number of carbonyl (C=O) groups is 1. The van der Waals surface area contributed by atoms with Crippen LogP contribution in [0.3, 0.4) is 0 Å². The first-order valence-electron chi connectivity index (χ1n) is 9.47. The zero-order valence-corrected chi connectivity index (χ0v) is 17.6. The molecule has 146 valence electrons. The van der Waals surface area contributed by atoms with Crippen LogP contribution in [0, 0.1) is 0 Å². The maximum atomic E-state index is 12.5. The fraction of sp³-hybridized carbons (Fsp3) is 0.304. The first kappa shape index (κ1) is 20.1. The molecule has 5 heteroatoms. The molecule has 0 atom stereocenters. The molecule has 28 heavy (non-hydrogen) atoms. The smallest absolute Gasteiger partial charge is 0.257 e. The van der Waals surface area contributed by atoms with Crippen LogP contribution in [-0.4, -0.2) is 17.5 Å². The second-order valence-electron chi connectivity index (χ2n) is 7.69. The highest BCUT2D eigenvalue weighted by Crippen LogP contribution is 2.27. The Morgan fingerprint density at radius 3 is 2.36 bits per heavy atom. The van der Waals surface area contributed by atoms with Gasteiger partial charge in [0.05, 0.1) is 12.3 Å². The molecule has 0 unspecified atom stereocenters. The molecule has 0 saturated carbocycles. The van der Waals surface area contributed by atoms with Crippen LogP contribution in [0.25, 0.3) is 11.3 Å². The van der Waals surface area contributed by atoms with E-state index >= 15 is 0 Å². The van der Waals surface area contributed by atoms with Gasteiger partial charge in [0.15, 0.2) is 5.13 Å². The number of benzene rings is 2. The van der Waals surface area contributed by atoms with Crippen LogP contribution in [0.15, 0.2) is 53.9 Å². The molecule has 3 rings (SSSR count). The second kappa shape index (κ2) is 8.57. The van der Waals surface area contributed by atoms with Crippen molar-refractivity contribution in [1.82, 2.24) is 4.98 Å². The largest absolute Gasteiger partial charge is 0.494 e. The van der Waals surface area contributed by atoms with Crippen molar-refractivity contribution in [3.8, 4) is 17.0 Å². The fourth-order valence-electron chi connectivity index (χ4n) is 2.70. The van der Waals surface area contributed by atoms with Gasteiger partial charge in [0, 0.05) is 16.5 Å². The summed E-state index contributed by atoms with van der Waals surface area (Å²) in [5, 5.41) is 5.42. The Morgan fingerprint density at radius 1 is 1.07 bits per heavy atom. The van der Waals surface area contributed by atoms with E-state index in [4.69, 9.17) is 4.74 Å². The number of nitrogens with zero attached hydrogens (tertiary/aromatic N) is 1. The number of nitrogens with one attached hydrogen (secondary N) is 1. The van der Waals surface area contributed by atoms with Crippen molar-refractivity contribution in [3.63, 3.8) is 0 Å². The number of carbonyl (C=O) groups excluding carboxylic acids is 1. The highest BCUT2D eigenvalue weighted by Gasteiger charge is 2.15. The molecule has 0 spiro atoms. The predicted molar refractivity (Wildman–Crippen MR) is 116 cm³/mol. The summed E-state index contributed by atoms with van der Waals surface area (Å²) in [5.41, 5.74) is 3.73. The van der Waals surface area contributed by atoms with Gasteiger partial charge in [-0.2, -0.15) is 0 Å². The number of ether oxygens (including phenoxy) is 1. The Hall–Kier alpha value is -2.66. The molecule has 4 nitrogen and oxygen atoms in total. The highest BCUT2D eigenvalue weighted by molar-refractivity contribution is 7.14. The van der Waals surface area contributed by atoms with Crippen molar-refractivity contribution in [1.29, 1.82) is 0 Å². The second-order valence-corrected chi connectivity index (χ2v) is 8.55. The Bertz CT molecular complexity index is 922. The Morgan fingerprint density at radius 2 is 1.75 bits per heavy atom. The summed E-state index contributed by atoms with van der Waals surface area (Å²) >= 11 is 1.42. The van der Waals surface area contributed by atoms with Gasteiger partial charge in [0.1, 0.15) is 5.75 Å². The van der Waals surface area contributed by atoms with E-state index in [-0.39, 0.29) is 11.3 Å². The van der Waals surface area contributed by atoms with Crippen LogP contribution in [0.1, 0.15) is 50.0 Å². The molecule has 0 aliphatic heterocycles. The molecule has 0 aliphatic carbocycles. The molecule has 0 fully saturated rings. The fourth-order valence-corrected chi connectivity index (χ4v) is 3.41. The van der Waals surface area contributed by atoms with Gasteiger partial charge in [-0.3, -0.25) is 10.1 Å². The molecule has 1 amide bonds. The summed E-state index contributed by atoms with van der Waals surface area (Å²) in [6.45, 7) is 9.26. The van der Waals surface area contributed by atoms with Crippen LogP contribution in [0.2, 0.25) is 0 Å². The minimum absolute atomic E-state index is 0.0658. The van der Waals surface area contributed by atoms with Crippen molar-refractivity contribution in [3.05, 3.63) is 65.0 Å². The monoisotopic (exact) mass is 394 g/mol. The van der Waals surface area contributed by atoms with Gasteiger partial charge in [-0.1, -0.05) is 39.8 Å². The highest BCUT2D eigenvalue weighted by atomic mass is 32.1. The quantitative estimate of drug-likeness (QED) is 0.545. The average molecular weight is 395 g/mol. The minimum atomic E-state index is -0.148. The first-order chi connectivity index (χ1) is 13.4. The van der Waals surface area contributed by atoms with Crippen molar-refractivity contribution in [2.75, 3.05) is 11.9 Å². The van der Waals surface area contributed by atoms with E-state index in [1.54, 1.807) is 0 Å². The average Bonchev–Trinajstić information content (AvgIpc) is 3.14. The van der Waals surface area contributed by atoms with Crippen molar-refractivity contribution in [2.45, 2.75) is 39.5 Å². The maximum absolute atomic E-state index is 12.5. The van der Waals surface area contributed by atoms with E-state index in [0.717, 1.165) is 23.4 Å². The van der Waals surface area contributed by atoms with Gasteiger partial charge >= 0.3 is 0 Å². The Kier molecular flexibility index (Phi) is 6.15. The Balaban J connectivity index is 1.66. The number of rotatable bonds is 6. The van der Waals surface area contributed by atoms with Gasteiger partial charge in [-0.15, -0.1) is 11.3 Å². The van der Waals surface area contributed by atoms with Crippen LogP contribution in [-0.2, 0) is 5.41 Å². The number of amides is 1. The third-order valence-corrected chi connectivity index (χ3v) is 5.12. The zero-order valence-electron chi connectivity index (χ0n) is 16.8. The molecule has 2 aromatic carbocycles.